The largest absolute Gasteiger partial charge is 0.405 e. The Hall–Kier alpha value is -3.22. The number of amides is 1. The number of likely N-dealkylation sites (N-methyl/N-ethyl adjacent to an activating group) is 1. The molecule has 0 radical (unpaired) electrons. The van der Waals surface area contributed by atoms with Crippen molar-refractivity contribution in [2.45, 2.75) is 45.2 Å². The maximum Gasteiger partial charge on any atom is 0.257 e. The molecule has 1 aliphatic heterocycles. The van der Waals surface area contributed by atoms with Crippen LogP contribution in [0.15, 0.2) is 23.1 Å². The van der Waals surface area contributed by atoms with Gasteiger partial charge in [0.25, 0.3) is 5.91 Å². The molecule has 34 heavy (non-hydrogen) atoms. The van der Waals surface area contributed by atoms with Crippen molar-refractivity contribution in [1.82, 2.24) is 14.8 Å². The first-order valence-electron chi connectivity index (χ1n) is 10.6. The molecule has 0 bridgehead atoms. The highest BCUT2D eigenvalue weighted by molar-refractivity contribution is 5.95. The van der Waals surface area contributed by atoms with Gasteiger partial charge in [0.15, 0.2) is 6.29 Å². The summed E-state index contributed by atoms with van der Waals surface area (Å²) in [7, 11) is 1.83. The molecule has 2 aromatic rings. The minimum Gasteiger partial charge on any atom is -0.405 e. The zero-order valence-corrected chi connectivity index (χ0v) is 18.6. The number of carbonyl (C=O) groups is 2. The van der Waals surface area contributed by atoms with Crippen molar-refractivity contribution in [3.8, 4) is 5.75 Å². The number of nitrogens with zero attached hydrogens (tertiary/aromatic N) is 2. The standard InChI is InChI=1S/C22H25F3N4O5/c1-3-13-4-5-28(2)19(33-13)10-29-9-15(20(31)21(34-26)18(29)11-30)22(32)27-8-14-16(24)6-12(23)7-17(14)25/h6-7,9,11,13,19H,3-5,8,10,26H2,1-2H3,(H,27,32). The van der Waals surface area contributed by atoms with Crippen molar-refractivity contribution < 1.29 is 32.3 Å². The molecule has 2 heterocycles. The highest BCUT2D eigenvalue weighted by Crippen LogP contribution is 2.21. The summed E-state index contributed by atoms with van der Waals surface area (Å²) in [5.74, 6) is 0.150. The smallest absolute Gasteiger partial charge is 0.257 e. The molecule has 9 nitrogen and oxygen atoms in total. The van der Waals surface area contributed by atoms with Crippen molar-refractivity contribution in [2.24, 2.45) is 5.90 Å². The van der Waals surface area contributed by atoms with Crippen LogP contribution in [0.5, 0.6) is 5.75 Å². The Bertz CT molecular complexity index is 1120. The molecule has 0 spiro atoms. The number of nitrogens with two attached hydrogens (primary N) is 1. The molecule has 3 N–H and O–H groups in total. The zero-order chi connectivity index (χ0) is 25.0. The SMILES string of the molecule is CCC1CCN(C)C(Cn2cc(C(=O)NCc3c(F)cc(F)cc3F)c(=O)c(ON)c2C=O)O1. The third-order valence-electron chi connectivity index (χ3n) is 5.74. The molecule has 0 saturated carbocycles. The van der Waals surface area contributed by atoms with E-state index in [0.717, 1.165) is 25.6 Å². The number of nitrogens with one attached hydrogen (secondary N) is 1. The Balaban J connectivity index is 1.92. The number of halogens is 3. The number of pyridine rings is 1. The van der Waals surface area contributed by atoms with E-state index in [1.54, 1.807) is 0 Å². The van der Waals surface area contributed by atoms with E-state index in [2.05, 4.69) is 10.2 Å². The van der Waals surface area contributed by atoms with Gasteiger partial charge in [0.05, 0.1) is 12.6 Å². The molecule has 1 aromatic carbocycles. The van der Waals surface area contributed by atoms with Gasteiger partial charge in [-0.2, -0.15) is 5.90 Å². The number of ether oxygens (including phenoxy) is 1. The second-order valence-corrected chi connectivity index (χ2v) is 7.90. The van der Waals surface area contributed by atoms with Crippen LogP contribution in [0.25, 0.3) is 0 Å². The van der Waals surface area contributed by atoms with E-state index in [1.165, 1.54) is 4.57 Å². The molecular formula is C22H25F3N4O5. The van der Waals surface area contributed by atoms with E-state index >= 15 is 0 Å². The Morgan fingerprint density at radius 3 is 2.59 bits per heavy atom. The molecule has 1 aliphatic rings. The van der Waals surface area contributed by atoms with Gasteiger partial charge in [-0.3, -0.25) is 19.3 Å². The third-order valence-corrected chi connectivity index (χ3v) is 5.74. The van der Waals surface area contributed by atoms with E-state index in [1.807, 2.05) is 18.9 Å². The highest BCUT2D eigenvalue weighted by atomic mass is 19.1. The van der Waals surface area contributed by atoms with Gasteiger partial charge in [-0.25, -0.2) is 13.2 Å². The first-order valence-corrected chi connectivity index (χ1v) is 10.6. The van der Waals surface area contributed by atoms with Gasteiger partial charge in [-0.1, -0.05) is 6.92 Å². The van der Waals surface area contributed by atoms with Gasteiger partial charge in [0.1, 0.15) is 34.9 Å². The van der Waals surface area contributed by atoms with Crippen molar-refractivity contribution in [3.05, 3.63) is 62.8 Å². The fourth-order valence-corrected chi connectivity index (χ4v) is 3.74. The first-order chi connectivity index (χ1) is 16.2. The lowest BCUT2D eigenvalue weighted by Gasteiger charge is -2.37. The average molecular weight is 482 g/mol. The van der Waals surface area contributed by atoms with Crippen molar-refractivity contribution in [2.75, 3.05) is 13.6 Å². The van der Waals surface area contributed by atoms with E-state index in [-0.39, 0.29) is 18.3 Å². The molecule has 3 rings (SSSR count). The Labute approximate surface area is 193 Å². The Morgan fingerprint density at radius 2 is 2.00 bits per heavy atom. The van der Waals surface area contributed by atoms with E-state index in [4.69, 9.17) is 10.6 Å². The fraction of sp³-hybridized carbons (Fsp3) is 0.409. The summed E-state index contributed by atoms with van der Waals surface area (Å²) in [5, 5.41) is 2.22. The summed E-state index contributed by atoms with van der Waals surface area (Å²) >= 11 is 0. The summed E-state index contributed by atoms with van der Waals surface area (Å²) < 4.78 is 48.2. The maximum absolute atomic E-state index is 13.9. The second-order valence-electron chi connectivity index (χ2n) is 7.90. The molecule has 0 aliphatic carbocycles. The minimum absolute atomic E-state index is 0.00811. The summed E-state index contributed by atoms with van der Waals surface area (Å²) in [6, 6.07) is 0.947. The summed E-state index contributed by atoms with van der Waals surface area (Å²) in [6.07, 6.45) is 2.66. The van der Waals surface area contributed by atoms with Crippen molar-refractivity contribution in [3.63, 3.8) is 0 Å². The molecule has 1 amide bonds. The molecule has 1 fully saturated rings. The average Bonchev–Trinajstić information content (AvgIpc) is 2.80. The Morgan fingerprint density at radius 1 is 1.32 bits per heavy atom. The lowest BCUT2D eigenvalue weighted by Crippen LogP contribution is -2.46. The minimum atomic E-state index is -1.19. The van der Waals surface area contributed by atoms with Crippen LogP contribution in [0.2, 0.25) is 0 Å². The molecule has 12 heteroatoms. The summed E-state index contributed by atoms with van der Waals surface area (Å²) in [4.78, 5) is 43.7. The number of aldehydes is 1. The van der Waals surface area contributed by atoms with E-state index in [9.17, 15) is 27.6 Å². The van der Waals surface area contributed by atoms with Gasteiger partial charge in [-0.05, 0) is 19.9 Å². The van der Waals surface area contributed by atoms with Crippen LogP contribution in [0.4, 0.5) is 13.2 Å². The molecule has 2 unspecified atom stereocenters. The van der Waals surface area contributed by atoms with Gasteiger partial charge in [0.2, 0.25) is 11.2 Å². The number of hydrogen-bond acceptors (Lipinski definition) is 7. The third kappa shape index (κ3) is 5.29. The van der Waals surface area contributed by atoms with Crippen LogP contribution in [-0.2, 0) is 17.8 Å². The lowest BCUT2D eigenvalue weighted by molar-refractivity contribution is -0.137. The number of aromatic nitrogens is 1. The topological polar surface area (TPSA) is 116 Å². The molecule has 184 valence electrons. The predicted molar refractivity (Wildman–Crippen MR) is 115 cm³/mol. The van der Waals surface area contributed by atoms with Crippen LogP contribution in [0.1, 0.15) is 46.2 Å². The fourth-order valence-electron chi connectivity index (χ4n) is 3.74. The molecular weight excluding hydrogens is 457 g/mol. The van der Waals surface area contributed by atoms with Crippen LogP contribution < -0.4 is 21.5 Å². The first kappa shape index (κ1) is 25.4. The predicted octanol–water partition coefficient (Wildman–Crippen LogP) is 1.72. The number of carbonyl (C=O) groups excluding carboxylic acids is 2. The number of benzene rings is 1. The van der Waals surface area contributed by atoms with Crippen molar-refractivity contribution in [1.29, 1.82) is 0 Å². The van der Waals surface area contributed by atoms with Gasteiger partial charge < -0.3 is 19.5 Å². The number of hydrogen-bond donors (Lipinski definition) is 2. The Kier molecular flexibility index (Phi) is 8.07. The normalized spacial score (nSPS) is 18.5. The second kappa shape index (κ2) is 10.8. The molecule has 2 atom stereocenters. The van der Waals surface area contributed by atoms with E-state index in [0.29, 0.717) is 18.4 Å². The van der Waals surface area contributed by atoms with E-state index < -0.39 is 58.4 Å². The monoisotopic (exact) mass is 482 g/mol. The van der Waals surface area contributed by atoms with Gasteiger partial charge >= 0.3 is 0 Å². The van der Waals surface area contributed by atoms with Gasteiger partial charge in [0, 0.05) is 37.0 Å². The summed E-state index contributed by atoms with van der Waals surface area (Å²) in [5.41, 5.74) is -2.24. The zero-order valence-electron chi connectivity index (χ0n) is 18.6. The van der Waals surface area contributed by atoms with Crippen LogP contribution in [0, 0.1) is 17.5 Å². The van der Waals surface area contributed by atoms with Crippen LogP contribution in [0.3, 0.4) is 0 Å². The highest BCUT2D eigenvalue weighted by Gasteiger charge is 2.28. The maximum atomic E-state index is 13.9. The van der Waals surface area contributed by atoms with Crippen LogP contribution in [-0.4, -0.2) is 47.6 Å². The van der Waals surface area contributed by atoms with Crippen molar-refractivity contribution >= 4 is 12.2 Å². The number of rotatable bonds is 8. The van der Waals surface area contributed by atoms with Crippen LogP contribution >= 0.6 is 0 Å². The summed E-state index contributed by atoms with van der Waals surface area (Å²) in [6.45, 7) is 2.14. The molecule has 1 saturated heterocycles. The quantitative estimate of drug-likeness (QED) is 0.435. The molecule has 1 aromatic heterocycles. The van der Waals surface area contributed by atoms with Gasteiger partial charge in [-0.15, -0.1) is 0 Å². The lowest BCUT2D eigenvalue weighted by atomic mass is 10.1.